The summed E-state index contributed by atoms with van der Waals surface area (Å²) >= 11 is 0. The molecule has 3 rings (SSSR count). The first kappa shape index (κ1) is 17.9. The van der Waals surface area contributed by atoms with Crippen LogP contribution >= 0.6 is 0 Å². The van der Waals surface area contributed by atoms with Crippen molar-refractivity contribution in [2.24, 2.45) is 0 Å². The number of hydrogen-bond acceptors (Lipinski definition) is 5. The number of aryl methyl sites for hydroxylation is 1. The third kappa shape index (κ3) is 4.60. The number of rotatable bonds is 7. The predicted molar refractivity (Wildman–Crippen MR) is 95.7 cm³/mol. The molecule has 6 nitrogen and oxygen atoms in total. The summed E-state index contributed by atoms with van der Waals surface area (Å²) in [5, 5.41) is 0. The van der Waals surface area contributed by atoms with Gasteiger partial charge in [-0.3, -0.25) is 4.90 Å². The average molecular weight is 345 g/mol. The summed E-state index contributed by atoms with van der Waals surface area (Å²) in [6.07, 6.45) is 3.82. The van der Waals surface area contributed by atoms with Gasteiger partial charge >= 0.3 is 0 Å². The van der Waals surface area contributed by atoms with Crippen molar-refractivity contribution in [3.05, 3.63) is 48.5 Å². The van der Waals surface area contributed by atoms with Crippen LogP contribution in [0.1, 0.15) is 12.6 Å². The average Bonchev–Trinajstić information content (AvgIpc) is 3.00. The Morgan fingerprint density at radius 1 is 1.28 bits per heavy atom. The van der Waals surface area contributed by atoms with Crippen molar-refractivity contribution >= 4 is 0 Å². The molecule has 1 aromatic carbocycles. The lowest BCUT2D eigenvalue weighted by Gasteiger charge is -2.34. The molecule has 1 aromatic heterocycles. The molecule has 6 heteroatoms. The number of hydrogen-bond donors (Lipinski definition) is 0. The number of nitrogens with zero attached hydrogens (tertiary/aromatic N) is 3. The number of methoxy groups -OCH3 is 1. The van der Waals surface area contributed by atoms with Crippen molar-refractivity contribution in [3.8, 4) is 5.75 Å². The van der Waals surface area contributed by atoms with Crippen molar-refractivity contribution in [2.75, 3.05) is 40.0 Å². The van der Waals surface area contributed by atoms with Gasteiger partial charge < -0.3 is 18.8 Å². The van der Waals surface area contributed by atoms with E-state index in [4.69, 9.17) is 14.2 Å². The molecule has 0 bridgehead atoms. The fourth-order valence-corrected chi connectivity index (χ4v) is 3.11. The highest BCUT2D eigenvalue weighted by atomic mass is 16.6. The minimum atomic E-state index is -0.483. The van der Waals surface area contributed by atoms with E-state index in [2.05, 4.69) is 21.4 Å². The quantitative estimate of drug-likeness (QED) is 0.770. The van der Waals surface area contributed by atoms with E-state index >= 15 is 0 Å². The van der Waals surface area contributed by atoms with E-state index in [0.29, 0.717) is 19.8 Å². The SMILES string of the molecule is CCn1cncc1CN1CCOCC(COc2ccccc2)(OC)C1. The van der Waals surface area contributed by atoms with Crippen LogP contribution in [0, 0.1) is 0 Å². The first-order chi connectivity index (χ1) is 12.2. The predicted octanol–water partition coefficient (Wildman–Crippen LogP) is 2.20. The highest BCUT2D eigenvalue weighted by molar-refractivity contribution is 5.21. The van der Waals surface area contributed by atoms with Gasteiger partial charge in [-0.25, -0.2) is 4.98 Å². The van der Waals surface area contributed by atoms with Gasteiger partial charge in [-0.2, -0.15) is 0 Å². The van der Waals surface area contributed by atoms with Crippen LogP contribution in [0.4, 0.5) is 0 Å². The molecule has 2 heterocycles. The second-order valence-electron chi connectivity index (χ2n) is 6.42. The van der Waals surface area contributed by atoms with Crippen LogP contribution in [-0.4, -0.2) is 60.1 Å². The molecular formula is C19H27N3O3. The third-order valence-corrected chi connectivity index (χ3v) is 4.63. The molecule has 0 aliphatic carbocycles. The number of para-hydroxylation sites is 1. The Morgan fingerprint density at radius 3 is 2.88 bits per heavy atom. The van der Waals surface area contributed by atoms with Crippen molar-refractivity contribution in [1.29, 1.82) is 0 Å². The zero-order chi connectivity index (χ0) is 17.5. The van der Waals surface area contributed by atoms with Crippen molar-refractivity contribution < 1.29 is 14.2 Å². The third-order valence-electron chi connectivity index (χ3n) is 4.63. The first-order valence-corrected chi connectivity index (χ1v) is 8.77. The van der Waals surface area contributed by atoms with Crippen LogP contribution in [0.3, 0.4) is 0 Å². The summed E-state index contributed by atoms with van der Waals surface area (Å²) in [6, 6.07) is 9.83. The van der Waals surface area contributed by atoms with Gasteiger partial charge in [-0.15, -0.1) is 0 Å². The fourth-order valence-electron chi connectivity index (χ4n) is 3.11. The lowest BCUT2D eigenvalue weighted by Crippen LogP contribution is -2.50. The van der Waals surface area contributed by atoms with Crippen LogP contribution in [0.2, 0.25) is 0 Å². The topological polar surface area (TPSA) is 48.8 Å². The molecule has 0 saturated carbocycles. The Balaban J connectivity index is 1.67. The molecule has 1 atom stereocenters. The molecule has 1 aliphatic rings. The van der Waals surface area contributed by atoms with Crippen molar-refractivity contribution in [3.63, 3.8) is 0 Å². The van der Waals surface area contributed by atoms with E-state index in [1.165, 1.54) is 5.69 Å². The maximum atomic E-state index is 5.97. The zero-order valence-corrected chi connectivity index (χ0v) is 15.1. The first-order valence-electron chi connectivity index (χ1n) is 8.77. The minimum absolute atomic E-state index is 0.455. The van der Waals surface area contributed by atoms with Gasteiger partial charge in [-0.1, -0.05) is 18.2 Å². The summed E-state index contributed by atoms with van der Waals surface area (Å²) in [7, 11) is 1.73. The Hall–Kier alpha value is -1.89. The molecule has 0 spiro atoms. The largest absolute Gasteiger partial charge is 0.490 e. The number of benzene rings is 1. The lowest BCUT2D eigenvalue weighted by molar-refractivity contribution is -0.0926. The van der Waals surface area contributed by atoms with Crippen LogP contribution < -0.4 is 4.74 Å². The summed E-state index contributed by atoms with van der Waals surface area (Å²) in [4.78, 5) is 6.62. The maximum absolute atomic E-state index is 5.97. The van der Waals surface area contributed by atoms with Gasteiger partial charge in [0.2, 0.25) is 0 Å². The van der Waals surface area contributed by atoms with E-state index in [1.807, 2.05) is 42.9 Å². The molecular weight excluding hydrogens is 318 g/mol. The van der Waals surface area contributed by atoms with Gasteiger partial charge in [0.15, 0.2) is 0 Å². The van der Waals surface area contributed by atoms with Gasteiger partial charge in [0.25, 0.3) is 0 Å². The summed E-state index contributed by atoms with van der Waals surface area (Å²) in [5.41, 5.74) is 0.724. The normalized spacial score (nSPS) is 21.8. The number of aromatic nitrogens is 2. The smallest absolute Gasteiger partial charge is 0.137 e. The molecule has 136 valence electrons. The fraction of sp³-hybridized carbons (Fsp3) is 0.526. The maximum Gasteiger partial charge on any atom is 0.137 e. The Bertz CT molecular complexity index is 646. The van der Waals surface area contributed by atoms with Crippen LogP contribution in [-0.2, 0) is 22.6 Å². The highest BCUT2D eigenvalue weighted by Crippen LogP contribution is 2.21. The van der Waals surface area contributed by atoms with Gasteiger partial charge in [0.1, 0.15) is 18.0 Å². The molecule has 1 unspecified atom stereocenters. The molecule has 1 fully saturated rings. The van der Waals surface area contributed by atoms with E-state index in [0.717, 1.165) is 31.9 Å². The lowest BCUT2D eigenvalue weighted by atomic mass is 10.1. The molecule has 0 amide bonds. The molecule has 1 aliphatic heterocycles. The highest BCUT2D eigenvalue weighted by Gasteiger charge is 2.36. The van der Waals surface area contributed by atoms with Crippen LogP contribution in [0.15, 0.2) is 42.9 Å². The summed E-state index contributed by atoms with van der Waals surface area (Å²) in [5.74, 6) is 0.846. The summed E-state index contributed by atoms with van der Waals surface area (Å²) < 4.78 is 19.8. The second-order valence-corrected chi connectivity index (χ2v) is 6.42. The molecule has 0 N–H and O–H groups in total. The summed E-state index contributed by atoms with van der Waals surface area (Å²) in [6.45, 7) is 7.17. The van der Waals surface area contributed by atoms with Gasteiger partial charge in [0, 0.05) is 39.5 Å². The van der Waals surface area contributed by atoms with E-state index in [1.54, 1.807) is 7.11 Å². The minimum Gasteiger partial charge on any atom is -0.490 e. The molecule has 25 heavy (non-hydrogen) atoms. The van der Waals surface area contributed by atoms with Crippen molar-refractivity contribution in [2.45, 2.75) is 25.6 Å². The Morgan fingerprint density at radius 2 is 2.12 bits per heavy atom. The Labute approximate surface area is 149 Å². The second kappa shape index (κ2) is 8.47. The van der Waals surface area contributed by atoms with E-state index in [9.17, 15) is 0 Å². The van der Waals surface area contributed by atoms with Crippen molar-refractivity contribution in [1.82, 2.24) is 14.5 Å². The molecule has 2 aromatic rings. The van der Waals surface area contributed by atoms with E-state index in [-0.39, 0.29) is 0 Å². The van der Waals surface area contributed by atoms with E-state index < -0.39 is 5.60 Å². The molecule has 0 radical (unpaired) electrons. The van der Waals surface area contributed by atoms with Crippen LogP contribution in [0.5, 0.6) is 5.75 Å². The van der Waals surface area contributed by atoms with Gasteiger partial charge in [0.05, 0.1) is 25.2 Å². The zero-order valence-electron chi connectivity index (χ0n) is 15.1. The molecule has 1 saturated heterocycles. The number of imidazole rings is 1. The van der Waals surface area contributed by atoms with Crippen LogP contribution in [0.25, 0.3) is 0 Å². The number of ether oxygens (including phenoxy) is 3. The monoisotopic (exact) mass is 345 g/mol. The Kier molecular flexibility index (Phi) is 6.07. The van der Waals surface area contributed by atoms with Gasteiger partial charge in [-0.05, 0) is 19.1 Å². The standard InChI is InChI=1S/C19H27N3O3/c1-3-22-16-20-11-17(22)12-21-9-10-24-14-19(13-21,23-2)15-25-18-7-5-4-6-8-18/h4-8,11,16H,3,9-10,12-15H2,1-2H3.